The molecular weight excluding hydrogens is 254 g/mol. The van der Waals surface area contributed by atoms with E-state index in [0.717, 1.165) is 30.8 Å². The smallest absolute Gasteiger partial charge is 0.407 e. The Morgan fingerprint density at radius 1 is 1.44 bits per heavy atom. The highest BCUT2D eigenvalue weighted by molar-refractivity contribution is 6.30. The maximum Gasteiger partial charge on any atom is 0.407 e. The SMILES string of the molecule is Cc1ccnc(Cl)c1CN1CCN(C(=O)O)CC1. The van der Waals surface area contributed by atoms with Gasteiger partial charge in [0.2, 0.25) is 0 Å². The second kappa shape index (κ2) is 5.54. The molecule has 5 nitrogen and oxygen atoms in total. The van der Waals surface area contributed by atoms with Crippen LogP contribution in [0.3, 0.4) is 0 Å². The molecule has 0 bridgehead atoms. The molecule has 98 valence electrons. The average molecular weight is 270 g/mol. The van der Waals surface area contributed by atoms with Gasteiger partial charge in [0, 0.05) is 44.5 Å². The summed E-state index contributed by atoms with van der Waals surface area (Å²) in [4.78, 5) is 18.5. The molecule has 1 aromatic rings. The number of halogens is 1. The first kappa shape index (κ1) is 13.1. The van der Waals surface area contributed by atoms with Gasteiger partial charge >= 0.3 is 6.09 Å². The number of amides is 1. The van der Waals surface area contributed by atoms with E-state index in [1.54, 1.807) is 6.20 Å². The van der Waals surface area contributed by atoms with Crippen LogP contribution in [0.4, 0.5) is 4.79 Å². The number of aryl methyl sites for hydroxylation is 1. The van der Waals surface area contributed by atoms with Crippen LogP contribution in [0.25, 0.3) is 0 Å². The predicted molar refractivity (Wildman–Crippen MR) is 68.9 cm³/mol. The number of nitrogens with zero attached hydrogens (tertiary/aromatic N) is 3. The molecule has 2 heterocycles. The van der Waals surface area contributed by atoms with Gasteiger partial charge in [0.05, 0.1) is 0 Å². The molecule has 1 aliphatic heterocycles. The van der Waals surface area contributed by atoms with Crippen LogP contribution < -0.4 is 0 Å². The van der Waals surface area contributed by atoms with Crippen molar-refractivity contribution < 1.29 is 9.90 Å². The molecule has 6 heteroatoms. The number of hydrogen-bond acceptors (Lipinski definition) is 3. The Morgan fingerprint density at radius 3 is 2.67 bits per heavy atom. The van der Waals surface area contributed by atoms with Crippen molar-refractivity contribution >= 4 is 17.7 Å². The lowest BCUT2D eigenvalue weighted by Gasteiger charge is -2.33. The first-order valence-corrected chi connectivity index (χ1v) is 6.26. The van der Waals surface area contributed by atoms with Gasteiger partial charge in [-0.2, -0.15) is 0 Å². The third-order valence-electron chi connectivity index (χ3n) is 3.26. The van der Waals surface area contributed by atoms with E-state index < -0.39 is 6.09 Å². The number of carbonyl (C=O) groups is 1. The van der Waals surface area contributed by atoms with Crippen molar-refractivity contribution in [1.82, 2.24) is 14.8 Å². The molecule has 0 saturated carbocycles. The van der Waals surface area contributed by atoms with Crippen molar-refractivity contribution in [2.24, 2.45) is 0 Å². The normalized spacial score (nSPS) is 16.9. The minimum atomic E-state index is -0.842. The van der Waals surface area contributed by atoms with Gasteiger partial charge in [-0.05, 0) is 18.6 Å². The van der Waals surface area contributed by atoms with Crippen LogP contribution in [0.5, 0.6) is 0 Å². The standard InChI is InChI=1S/C12H16ClN3O2/c1-9-2-3-14-11(13)10(9)8-15-4-6-16(7-5-15)12(17)18/h2-3H,4-8H2,1H3,(H,17,18). The second-order valence-electron chi connectivity index (χ2n) is 4.44. The highest BCUT2D eigenvalue weighted by Crippen LogP contribution is 2.19. The summed E-state index contributed by atoms with van der Waals surface area (Å²) in [6, 6.07) is 1.94. The Kier molecular flexibility index (Phi) is 4.04. The van der Waals surface area contributed by atoms with Gasteiger partial charge in [0.25, 0.3) is 0 Å². The Bertz CT molecular complexity index is 425. The third-order valence-corrected chi connectivity index (χ3v) is 3.59. The van der Waals surface area contributed by atoms with Crippen molar-refractivity contribution in [2.75, 3.05) is 26.2 Å². The highest BCUT2D eigenvalue weighted by atomic mass is 35.5. The summed E-state index contributed by atoms with van der Waals surface area (Å²) in [5, 5.41) is 9.42. The largest absolute Gasteiger partial charge is 0.465 e. The minimum absolute atomic E-state index is 0.538. The van der Waals surface area contributed by atoms with Crippen LogP contribution in [-0.2, 0) is 6.54 Å². The monoisotopic (exact) mass is 269 g/mol. The Morgan fingerprint density at radius 2 is 2.11 bits per heavy atom. The maximum atomic E-state index is 10.8. The molecule has 0 unspecified atom stereocenters. The molecular formula is C12H16ClN3O2. The molecule has 1 aliphatic rings. The van der Waals surface area contributed by atoms with E-state index in [4.69, 9.17) is 16.7 Å². The van der Waals surface area contributed by atoms with Crippen LogP contribution in [0, 0.1) is 6.92 Å². The van der Waals surface area contributed by atoms with Crippen LogP contribution in [0.1, 0.15) is 11.1 Å². The molecule has 1 N–H and O–H groups in total. The van der Waals surface area contributed by atoms with Crippen molar-refractivity contribution in [2.45, 2.75) is 13.5 Å². The molecule has 0 spiro atoms. The molecule has 1 amide bonds. The molecule has 0 atom stereocenters. The lowest BCUT2D eigenvalue weighted by atomic mass is 10.1. The number of pyridine rings is 1. The molecule has 1 aromatic heterocycles. The van der Waals surface area contributed by atoms with Crippen molar-refractivity contribution in [3.05, 3.63) is 28.5 Å². The summed E-state index contributed by atoms with van der Waals surface area (Å²) in [6.07, 6.45) is 0.856. The molecule has 0 aliphatic carbocycles. The molecule has 2 rings (SSSR count). The number of carboxylic acid groups (broad SMARTS) is 1. The molecule has 0 aromatic carbocycles. The summed E-state index contributed by atoms with van der Waals surface area (Å²) in [5.41, 5.74) is 2.15. The van der Waals surface area contributed by atoms with Gasteiger partial charge in [-0.25, -0.2) is 9.78 Å². The minimum Gasteiger partial charge on any atom is -0.465 e. The predicted octanol–water partition coefficient (Wildman–Crippen LogP) is 1.84. The van der Waals surface area contributed by atoms with E-state index in [2.05, 4.69) is 9.88 Å². The number of piperazine rings is 1. The Hall–Kier alpha value is -1.33. The first-order chi connectivity index (χ1) is 8.58. The average Bonchev–Trinajstić information content (AvgIpc) is 2.34. The quantitative estimate of drug-likeness (QED) is 0.833. The fourth-order valence-electron chi connectivity index (χ4n) is 2.07. The van der Waals surface area contributed by atoms with Crippen LogP contribution in [0.15, 0.2) is 12.3 Å². The zero-order chi connectivity index (χ0) is 13.1. The summed E-state index contributed by atoms with van der Waals surface area (Å²) < 4.78 is 0. The van der Waals surface area contributed by atoms with Gasteiger partial charge in [0.1, 0.15) is 5.15 Å². The topological polar surface area (TPSA) is 56.7 Å². The van der Waals surface area contributed by atoms with Crippen LogP contribution in [0.2, 0.25) is 5.15 Å². The Balaban J connectivity index is 1.98. The molecule has 1 saturated heterocycles. The number of aromatic nitrogens is 1. The van der Waals surface area contributed by atoms with E-state index in [1.807, 2.05) is 13.0 Å². The van der Waals surface area contributed by atoms with Gasteiger partial charge in [-0.1, -0.05) is 11.6 Å². The van der Waals surface area contributed by atoms with Gasteiger partial charge in [-0.15, -0.1) is 0 Å². The van der Waals surface area contributed by atoms with E-state index in [1.165, 1.54) is 4.90 Å². The summed E-state index contributed by atoms with van der Waals surface area (Å²) >= 11 is 6.09. The highest BCUT2D eigenvalue weighted by Gasteiger charge is 2.21. The lowest BCUT2D eigenvalue weighted by molar-refractivity contribution is 0.103. The number of rotatable bonds is 2. The lowest BCUT2D eigenvalue weighted by Crippen LogP contribution is -2.47. The molecule has 0 radical (unpaired) electrons. The van der Waals surface area contributed by atoms with E-state index in [-0.39, 0.29) is 0 Å². The molecule has 18 heavy (non-hydrogen) atoms. The summed E-state index contributed by atoms with van der Waals surface area (Å²) in [6.45, 7) is 5.30. The first-order valence-electron chi connectivity index (χ1n) is 5.88. The van der Waals surface area contributed by atoms with Gasteiger partial charge in [0.15, 0.2) is 0 Å². The second-order valence-corrected chi connectivity index (χ2v) is 4.80. The van der Waals surface area contributed by atoms with E-state index in [0.29, 0.717) is 18.2 Å². The van der Waals surface area contributed by atoms with Gasteiger partial charge in [-0.3, -0.25) is 4.90 Å². The van der Waals surface area contributed by atoms with Gasteiger partial charge < -0.3 is 10.0 Å². The summed E-state index contributed by atoms with van der Waals surface area (Å²) in [5.74, 6) is 0. The van der Waals surface area contributed by atoms with Crippen LogP contribution >= 0.6 is 11.6 Å². The number of hydrogen-bond donors (Lipinski definition) is 1. The molecule has 1 fully saturated rings. The maximum absolute atomic E-state index is 10.8. The fourth-order valence-corrected chi connectivity index (χ4v) is 2.33. The van der Waals surface area contributed by atoms with Crippen molar-refractivity contribution in [3.8, 4) is 0 Å². The van der Waals surface area contributed by atoms with Crippen LogP contribution in [-0.4, -0.2) is 52.2 Å². The van der Waals surface area contributed by atoms with E-state index >= 15 is 0 Å². The summed E-state index contributed by atoms with van der Waals surface area (Å²) in [7, 11) is 0. The zero-order valence-electron chi connectivity index (χ0n) is 10.3. The fraction of sp³-hybridized carbons (Fsp3) is 0.500. The Labute approximate surface area is 111 Å². The third kappa shape index (κ3) is 2.91. The van der Waals surface area contributed by atoms with Crippen molar-refractivity contribution in [3.63, 3.8) is 0 Å². The van der Waals surface area contributed by atoms with Crippen molar-refractivity contribution in [1.29, 1.82) is 0 Å². The zero-order valence-corrected chi connectivity index (χ0v) is 11.0. The van der Waals surface area contributed by atoms with E-state index in [9.17, 15) is 4.79 Å².